The Bertz CT molecular complexity index is 546. The Hall–Kier alpha value is -2.12. The van der Waals surface area contributed by atoms with Gasteiger partial charge in [-0.05, 0) is 20.3 Å². The first-order chi connectivity index (χ1) is 10.8. The molecule has 23 heavy (non-hydrogen) atoms. The van der Waals surface area contributed by atoms with E-state index in [-0.39, 0.29) is 18.9 Å². The van der Waals surface area contributed by atoms with Gasteiger partial charge in [0, 0.05) is 20.0 Å². The van der Waals surface area contributed by atoms with Gasteiger partial charge in [-0.1, -0.05) is 0 Å². The highest BCUT2D eigenvalue weighted by atomic mass is 16.6. The molecule has 8 nitrogen and oxygen atoms in total. The van der Waals surface area contributed by atoms with E-state index < -0.39 is 41.3 Å². The summed E-state index contributed by atoms with van der Waals surface area (Å²) in [5.41, 5.74) is -1.73. The zero-order chi connectivity index (χ0) is 17.4. The van der Waals surface area contributed by atoms with Gasteiger partial charge in [-0.25, -0.2) is 4.79 Å². The minimum atomic E-state index is -1.73. The average Bonchev–Trinajstić information content (AvgIpc) is 3.39. The molecule has 2 aliphatic carbocycles. The number of rotatable bonds is 7. The maximum Gasteiger partial charge on any atom is 0.351 e. The predicted octanol–water partition coefficient (Wildman–Crippen LogP) is 0.0504. The van der Waals surface area contributed by atoms with Gasteiger partial charge >= 0.3 is 17.9 Å². The molecule has 2 fully saturated rings. The van der Waals surface area contributed by atoms with E-state index in [1.54, 1.807) is 14.0 Å². The lowest BCUT2D eigenvalue weighted by Crippen LogP contribution is -2.36. The van der Waals surface area contributed by atoms with Gasteiger partial charge in [0.05, 0.1) is 18.4 Å². The summed E-state index contributed by atoms with van der Waals surface area (Å²) in [5, 5.41) is 9.06. The van der Waals surface area contributed by atoms with Crippen LogP contribution in [0, 0.1) is 17.8 Å². The van der Waals surface area contributed by atoms with Crippen molar-refractivity contribution >= 4 is 23.8 Å². The molecule has 8 heteroatoms. The summed E-state index contributed by atoms with van der Waals surface area (Å²) in [6.45, 7) is 4.01. The van der Waals surface area contributed by atoms with E-state index in [0.717, 1.165) is 0 Å². The van der Waals surface area contributed by atoms with E-state index in [1.165, 1.54) is 4.90 Å². The third kappa shape index (κ3) is 3.16. The number of carboxylic acids is 1. The highest BCUT2D eigenvalue weighted by molar-refractivity contribution is 5.97. The minimum Gasteiger partial charge on any atom is -0.481 e. The highest BCUT2D eigenvalue weighted by Gasteiger charge is 2.70. The van der Waals surface area contributed by atoms with Gasteiger partial charge in [0.25, 0.3) is 0 Å². The summed E-state index contributed by atoms with van der Waals surface area (Å²) in [4.78, 5) is 48.7. The Morgan fingerprint density at radius 2 is 1.87 bits per heavy atom. The first-order valence-corrected chi connectivity index (χ1v) is 7.66. The first-order valence-electron chi connectivity index (χ1n) is 7.66. The van der Waals surface area contributed by atoms with Crippen molar-refractivity contribution in [3.8, 4) is 0 Å². The van der Waals surface area contributed by atoms with Crippen molar-refractivity contribution in [1.82, 2.24) is 4.90 Å². The Morgan fingerprint density at radius 3 is 2.35 bits per heavy atom. The van der Waals surface area contributed by atoms with Gasteiger partial charge in [0.2, 0.25) is 11.5 Å². The summed E-state index contributed by atoms with van der Waals surface area (Å²) >= 11 is 0. The van der Waals surface area contributed by atoms with Crippen molar-refractivity contribution in [1.29, 1.82) is 0 Å². The Balaban J connectivity index is 2.00. The molecule has 2 saturated carbocycles. The second kappa shape index (κ2) is 6.17. The van der Waals surface area contributed by atoms with Crippen molar-refractivity contribution in [2.75, 3.05) is 20.2 Å². The number of nitrogens with zero attached hydrogens (tertiary/aromatic N) is 1. The van der Waals surface area contributed by atoms with Crippen LogP contribution < -0.4 is 0 Å². The van der Waals surface area contributed by atoms with E-state index in [9.17, 15) is 19.2 Å². The van der Waals surface area contributed by atoms with Gasteiger partial charge in [0.15, 0.2) is 0 Å². The summed E-state index contributed by atoms with van der Waals surface area (Å²) in [6, 6.07) is 0. The average molecular weight is 327 g/mol. The summed E-state index contributed by atoms with van der Waals surface area (Å²) in [7, 11) is 1.64. The largest absolute Gasteiger partial charge is 0.481 e. The van der Waals surface area contributed by atoms with Crippen molar-refractivity contribution in [3.05, 3.63) is 0 Å². The van der Waals surface area contributed by atoms with Crippen LogP contribution in [0.25, 0.3) is 0 Å². The van der Waals surface area contributed by atoms with E-state index in [1.807, 2.05) is 6.92 Å². The van der Waals surface area contributed by atoms with Gasteiger partial charge in [-0.15, -0.1) is 0 Å². The molecule has 0 heterocycles. The summed E-state index contributed by atoms with van der Waals surface area (Å²) in [6.07, 6.45) is 0.270. The van der Waals surface area contributed by atoms with Gasteiger partial charge in [0.1, 0.15) is 5.92 Å². The molecule has 1 amide bonds. The molecule has 0 bridgehead atoms. The van der Waals surface area contributed by atoms with Crippen LogP contribution in [0.3, 0.4) is 0 Å². The minimum absolute atomic E-state index is 0.0658. The first kappa shape index (κ1) is 17.2. The SMILES string of the molecule is CCOC(=O)C1(OC(=O)C2CC2C(=O)N(C)CC)CC1C(=O)O. The van der Waals surface area contributed by atoms with E-state index in [4.69, 9.17) is 14.6 Å². The number of amides is 1. The van der Waals surface area contributed by atoms with Crippen molar-refractivity contribution < 1.29 is 33.8 Å². The maximum absolute atomic E-state index is 12.2. The highest BCUT2D eigenvalue weighted by Crippen LogP contribution is 2.51. The van der Waals surface area contributed by atoms with E-state index >= 15 is 0 Å². The molecule has 4 unspecified atom stereocenters. The Kier molecular flexibility index (Phi) is 4.63. The Labute approximate surface area is 133 Å². The van der Waals surface area contributed by atoms with Crippen LogP contribution in [0.1, 0.15) is 26.7 Å². The fourth-order valence-electron chi connectivity index (χ4n) is 2.59. The predicted molar refractivity (Wildman–Crippen MR) is 76.1 cm³/mol. The fraction of sp³-hybridized carbons (Fsp3) is 0.733. The number of esters is 2. The molecule has 2 aliphatic rings. The topological polar surface area (TPSA) is 110 Å². The van der Waals surface area contributed by atoms with Crippen molar-refractivity contribution in [3.63, 3.8) is 0 Å². The molecule has 128 valence electrons. The van der Waals surface area contributed by atoms with Crippen LogP contribution in [0.4, 0.5) is 0 Å². The van der Waals surface area contributed by atoms with Crippen LogP contribution in [0.2, 0.25) is 0 Å². The molecule has 4 atom stereocenters. The maximum atomic E-state index is 12.2. The monoisotopic (exact) mass is 327 g/mol. The lowest BCUT2D eigenvalue weighted by atomic mass is 10.2. The molecule has 0 aromatic carbocycles. The smallest absolute Gasteiger partial charge is 0.351 e. The zero-order valence-corrected chi connectivity index (χ0v) is 13.4. The molecular weight excluding hydrogens is 306 g/mol. The van der Waals surface area contributed by atoms with Gasteiger partial charge in [-0.3, -0.25) is 14.4 Å². The molecule has 0 aliphatic heterocycles. The van der Waals surface area contributed by atoms with E-state index in [2.05, 4.69) is 0 Å². The van der Waals surface area contributed by atoms with Gasteiger partial charge in [-0.2, -0.15) is 0 Å². The second-order valence-electron chi connectivity index (χ2n) is 5.93. The standard InChI is InChI=1S/C15H21NO7/c1-4-16(3)11(17)8-6-9(8)13(20)23-15(14(21)22-5-2)7-10(15)12(18)19/h8-10H,4-7H2,1-3H3,(H,18,19). The second-order valence-corrected chi connectivity index (χ2v) is 5.93. The van der Waals surface area contributed by atoms with Crippen molar-refractivity contribution in [2.45, 2.75) is 32.3 Å². The zero-order valence-electron chi connectivity index (χ0n) is 13.4. The van der Waals surface area contributed by atoms with Crippen LogP contribution in [0.5, 0.6) is 0 Å². The number of carbonyl (C=O) groups is 4. The molecule has 0 aromatic heterocycles. The fourth-order valence-corrected chi connectivity index (χ4v) is 2.59. The number of ether oxygens (including phenoxy) is 2. The molecule has 0 saturated heterocycles. The van der Waals surface area contributed by atoms with Gasteiger partial charge < -0.3 is 19.5 Å². The molecule has 0 aromatic rings. The normalized spacial score (nSPS) is 31.0. The lowest BCUT2D eigenvalue weighted by Gasteiger charge is -2.17. The molecule has 2 rings (SSSR count). The number of hydrogen-bond acceptors (Lipinski definition) is 6. The van der Waals surface area contributed by atoms with Crippen LogP contribution in [-0.4, -0.2) is 59.6 Å². The van der Waals surface area contributed by atoms with Crippen LogP contribution in [0.15, 0.2) is 0 Å². The Morgan fingerprint density at radius 1 is 1.22 bits per heavy atom. The molecular formula is C15H21NO7. The van der Waals surface area contributed by atoms with E-state index in [0.29, 0.717) is 13.0 Å². The number of aliphatic carboxylic acids is 1. The quantitative estimate of drug-likeness (QED) is 0.658. The van der Waals surface area contributed by atoms with Crippen LogP contribution in [-0.2, 0) is 28.7 Å². The molecule has 1 N–H and O–H groups in total. The number of hydrogen-bond donors (Lipinski definition) is 1. The summed E-state index contributed by atoms with van der Waals surface area (Å²) in [5.74, 6) is -5.05. The molecule has 0 radical (unpaired) electrons. The lowest BCUT2D eigenvalue weighted by molar-refractivity contribution is -0.175. The summed E-state index contributed by atoms with van der Waals surface area (Å²) < 4.78 is 10.0. The number of carboxylic acid groups (broad SMARTS) is 1. The third-order valence-corrected chi connectivity index (χ3v) is 4.37. The van der Waals surface area contributed by atoms with Crippen LogP contribution >= 0.6 is 0 Å². The van der Waals surface area contributed by atoms with Crippen molar-refractivity contribution in [2.24, 2.45) is 17.8 Å². The third-order valence-electron chi connectivity index (χ3n) is 4.37. The number of carbonyl (C=O) groups excluding carboxylic acids is 3. The molecule has 0 spiro atoms.